The van der Waals surface area contributed by atoms with Crippen molar-refractivity contribution in [3.63, 3.8) is 0 Å². The molecular formula is C37H48N8O7S. The van der Waals surface area contributed by atoms with Gasteiger partial charge in [0.25, 0.3) is 5.91 Å². The molecule has 15 nitrogen and oxygen atoms in total. The molecule has 2 aliphatic rings. The summed E-state index contributed by atoms with van der Waals surface area (Å²) in [6, 6.07) is 9.14. The predicted octanol–water partition coefficient (Wildman–Crippen LogP) is 1.18. The third-order valence-electron chi connectivity index (χ3n) is 9.26. The monoisotopic (exact) mass is 748 g/mol. The maximum Gasteiger partial charge on any atom is 0.272 e. The second-order valence-electron chi connectivity index (χ2n) is 14.1. The molecule has 0 aliphatic carbocycles. The summed E-state index contributed by atoms with van der Waals surface area (Å²) in [7, 11) is 0. The van der Waals surface area contributed by atoms with Crippen LogP contribution in [-0.2, 0) is 30.4 Å². The summed E-state index contributed by atoms with van der Waals surface area (Å²) in [5.74, 6) is -3.55. The van der Waals surface area contributed by atoms with Gasteiger partial charge in [-0.3, -0.25) is 33.9 Å². The van der Waals surface area contributed by atoms with Crippen LogP contribution in [0.15, 0.2) is 48.5 Å². The molecule has 2 aliphatic heterocycles. The highest BCUT2D eigenvalue weighted by Crippen LogP contribution is 2.26. The molecule has 0 unspecified atom stereocenters. The van der Waals surface area contributed by atoms with Gasteiger partial charge >= 0.3 is 0 Å². The van der Waals surface area contributed by atoms with Crippen molar-refractivity contribution in [3.8, 4) is 10.6 Å². The second kappa shape index (κ2) is 17.6. The van der Waals surface area contributed by atoms with Crippen molar-refractivity contribution in [3.05, 3.63) is 64.7 Å². The smallest absolute Gasteiger partial charge is 0.272 e. The van der Waals surface area contributed by atoms with Crippen molar-refractivity contribution in [2.24, 2.45) is 5.92 Å². The fourth-order valence-corrected chi connectivity index (χ4v) is 7.35. The molecular weight excluding hydrogens is 701 g/mol. The number of benzene rings is 1. The molecule has 0 bridgehead atoms. The molecule has 0 spiro atoms. The van der Waals surface area contributed by atoms with Gasteiger partial charge in [-0.25, -0.2) is 0 Å². The van der Waals surface area contributed by atoms with Gasteiger partial charge in [0.1, 0.15) is 30.2 Å². The molecule has 5 rings (SSSR count). The molecule has 2 aromatic heterocycles. The van der Waals surface area contributed by atoms with E-state index < -0.39 is 71.8 Å². The van der Waals surface area contributed by atoms with Gasteiger partial charge in [0.15, 0.2) is 5.69 Å². The lowest BCUT2D eigenvalue weighted by Crippen LogP contribution is -2.59. The number of amides is 6. The van der Waals surface area contributed by atoms with Crippen LogP contribution in [0.5, 0.6) is 0 Å². The molecule has 2 fully saturated rings. The van der Waals surface area contributed by atoms with Crippen molar-refractivity contribution >= 4 is 46.8 Å². The van der Waals surface area contributed by atoms with Crippen LogP contribution in [0.1, 0.15) is 67.4 Å². The molecule has 0 radical (unpaired) electrons. The number of fused-ring (bicyclic) bond motifs is 1. The summed E-state index contributed by atoms with van der Waals surface area (Å²) in [4.78, 5) is 85.2. The number of aromatic nitrogens is 2. The standard InChI is InChI=1S/C37H48N8O7S/c1-20(2)15-27-33(48)39-22(4)37(52)45-19-24(46)17-30(45)36(51)38-14-8-11-25(32(47)42-28(34(49)41-27)16-23-9-6-5-7-10-23)40-35(50)29-18-26(43-44-29)31-13-12-21(3)53-31/h5-7,9-10,12-13,18,20,22,24-25,27-28,30,46H,8,11,14-17,19H2,1-4H3,(H,38,51)(H,39,48)(H,40,50)(H,41,49)(H,42,47)(H,43,44)/t22-,24+,25-,27-,28+,30-/m0/s1. The summed E-state index contributed by atoms with van der Waals surface area (Å²) in [6.45, 7) is 7.24. The highest BCUT2D eigenvalue weighted by atomic mass is 32.1. The third-order valence-corrected chi connectivity index (χ3v) is 10.3. The van der Waals surface area contributed by atoms with Crippen LogP contribution in [0.3, 0.4) is 0 Å². The highest BCUT2D eigenvalue weighted by molar-refractivity contribution is 7.15. The fraction of sp³-hybridized carbons (Fsp3) is 0.486. The molecule has 0 saturated carbocycles. The molecule has 3 aromatic rings. The molecule has 16 heteroatoms. The van der Waals surface area contributed by atoms with Crippen LogP contribution in [0.2, 0.25) is 0 Å². The first kappa shape index (κ1) is 39.1. The van der Waals surface area contributed by atoms with E-state index in [1.54, 1.807) is 18.2 Å². The molecule has 7 N–H and O–H groups in total. The zero-order valence-electron chi connectivity index (χ0n) is 30.3. The number of hydrogen-bond acceptors (Lipinski definition) is 9. The number of aromatic amines is 1. The van der Waals surface area contributed by atoms with Crippen molar-refractivity contribution < 1.29 is 33.9 Å². The number of aryl methyl sites for hydroxylation is 1. The Morgan fingerprint density at radius 3 is 2.40 bits per heavy atom. The topological polar surface area (TPSA) is 215 Å². The molecule has 2 saturated heterocycles. The van der Waals surface area contributed by atoms with Gasteiger partial charge in [0.05, 0.1) is 16.7 Å². The van der Waals surface area contributed by atoms with Crippen LogP contribution < -0.4 is 26.6 Å². The van der Waals surface area contributed by atoms with E-state index in [1.165, 1.54) is 23.2 Å². The number of carbonyl (C=O) groups excluding carboxylic acids is 6. The summed E-state index contributed by atoms with van der Waals surface area (Å²) >= 11 is 1.53. The van der Waals surface area contributed by atoms with Crippen LogP contribution in [0, 0.1) is 12.8 Å². The average molecular weight is 749 g/mol. The number of thiophene rings is 1. The first-order valence-corrected chi connectivity index (χ1v) is 18.7. The second-order valence-corrected chi connectivity index (χ2v) is 15.4. The van der Waals surface area contributed by atoms with Gasteiger partial charge in [-0.2, -0.15) is 5.10 Å². The number of nitrogens with zero attached hydrogens (tertiary/aromatic N) is 2. The van der Waals surface area contributed by atoms with Gasteiger partial charge < -0.3 is 36.6 Å². The third kappa shape index (κ3) is 10.3. The first-order chi connectivity index (χ1) is 25.3. The molecule has 4 heterocycles. The van der Waals surface area contributed by atoms with Crippen molar-refractivity contribution in [1.29, 1.82) is 0 Å². The van der Waals surface area contributed by atoms with Gasteiger partial charge in [-0.1, -0.05) is 44.2 Å². The maximum absolute atomic E-state index is 14.0. The van der Waals surface area contributed by atoms with E-state index in [0.717, 1.165) is 15.3 Å². The zero-order valence-corrected chi connectivity index (χ0v) is 31.1. The number of aliphatic hydroxyl groups excluding tert-OH is 1. The average Bonchev–Trinajstić information content (AvgIpc) is 3.88. The Hall–Kier alpha value is -5.09. The largest absolute Gasteiger partial charge is 0.391 e. The van der Waals surface area contributed by atoms with Crippen molar-refractivity contribution in [2.45, 2.75) is 96.1 Å². The Kier molecular flexibility index (Phi) is 13.0. The Bertz CT molecular complexity index is 1790. The van der Waals surface area contributed by atoms with Gasteiger partial charge in [-0.05, 0) is 62.8 Å². The number of H-pyrrole nitrogens is 1. The van der Waals surface area contributed by atoms with E-state index in [1.807, 2.05) is 51.1 Å². The van der Waals surface area contributed by atoms with Crippen LogP contribution in [-0.4, -0.2) is 105 Å². The molecule has 6 amide bonds. The Labute approximate surface area is 312 Å². The van der Waals surface area contributed by atoms with E-state index in [9.17, 15) is 33.9 Å². The number of carbonyl (C=O) groups is 6. The summed E-state index contributed by atoms with van der Waals surface area (Å²) in [5.41, 5.74) is 1.45. The number of nitrogens with one attached hydrogen (secondary N) is 6. The molecule has 6 atom stereocenters. The zero-order chi connectivity index (χ0) is 38.2. The minimum atomic E-state index is -1.14. The Balaban J connectivity index is 1.43. The van der Waals surface area contributed by atoms with Gasteiger partial charge in [-0.15, -0.1) is 11.3 Å². The van der Waals surface area contributed by atoms with E-state index in [-0.39, 0.29) is 56.8 Å². The molecule has 53 heavy (non-hydrogen) atoms. The van der Waals surface area contributed by atoms with E-state index >= 15 is 0 Å². The number of aliphatic hydroxyl groups is 1. The molecule has 1 aromatic carbocycles. The van der Waals surface area contributed by atoms with Crippen LogP contribution in [0.25, 0.3) is 10.6 Å². The lowest BCUT2D eigenvalue weighted by Gasteiger charge is -2.29. The highest BCUT2D eigenvalue weighted by Gasteiger charge is 2.41. The quantitative estimate of drug-likeness (QED) is 0.186. The van der Waals surface area contributed by atoms with Crippen molar-refractivity contribution in [1.82, 2.24) is 41.7 Å². The summed E-state index contributed by atoms with van der Waals surface area (Å²) in [5, 5.41) is 31.3. The number of hydrogen-bond donors (Lipinski definition) is 7. The summed E-state index contributed by atoms with van der Waals surface area (Å²) < 4.78 is 0. The van der Waals surface area contributed by atoms with Crippen LogP contribution >= 0.6 is 11.3 Å². The summed E-state index contributed by atoms with van der Waals surface area (Å²) in [6.07, 6.45) is -0.285. The lowest BCUT2D eigenvalue weighted by atomic mass is 10.00. The van der Waals surface area contributed by atoms with E-state index in [4.69, 9.17) is 0 Å². The maximum atomic E-state index is 14.0. The fourth-order valence-electron chi connectivity index (χ4n) is 6.52. The minimum absolute atomic E-state index is 0.0187. The van der Waals surface area contributed by atoms with Crippen LogP contribution in [0.4, 0.5) is 0 Å². The van der Waals surface area contributed by atoms with Gasteiger partial charge in [0, 0.05) is 30.8 Å². The Morgan fingerprint density at radius 1 is 0.981 bits per heavy atom. The first-order valence-electron chi connectivity index (χ1n) is 17.9. The minimum Gasteiger partial charge on any atom is -0.391 e. The normalized spacial score (nSPS) is 25.1. The van der Waals surface area contributed by atoms with Gasteiger partial charge in [0.2, 0.25) is 29.5 Å². The molecule has 284 valence electrons. The van der Waals surface area contributed by atoms with E-state index in [2.05, 4.69) is 36.8 Å². The lowest BCUT2D eigenvalue weighted by molar-refractivity contribution is -0.141. The van der Waals surface area contributed by atoms with E-state index in [0.29, 0.717) is 5.69 Å². The predicted molar refractivity (Wildman–Crippen MR) is 197 cm³/mol. The van der Waals surface area contributed by atoms with Crippen molar-refractivity contribution in [2.75, 3.05) is 13.1 Å². The number of rotatable bonds is 7. The Morgan fingerprint density at radius 2 is 1.70 bits per heavy atom. The SMILES string of the molecule is Cc1ccc(-c2cc(C(=O)N[C@H]3CCCNC(=O)[C@@H]4C[C@@H](O)CN4C(=O)[C@H](C)NC(=O)[C@H](CC(C)C)NC(=O)[C@@H](Cc4ccccc4)NC3=O)n[nH]2)s1.